The van der Waals surface area contributed by atoms with Crippen molar-refractivity contribution in [3.8, 4) is 5.75 Å². The zero-order valence-electron chi connectivity index (χ0n) is 10.6. The van der Waals surface area contributed by atoms with E-state index in [0.717, 1.165) is 5.75 Å². The highest BCUT2D eigenvalue weighted by atomic mass is 16.5. The van der Waals surface area contributed by atoms with Crippen LogP contribution in [0.3, 0.4) is 0 Å². The molecule has 4 heteroatoms. The van der Waals surface area contributed by atoms with Gasteiger partial charge >= 0.3 is 0 Å². The average molecular weight is 249 g/mol. The molecule has 0 radical (unpaired) electrons. The lowest BCUT2D eigenvalue weighted by Gasteiger charge is -2.38. The summed E-state index contributed by atoms with van der Waals surface area (Å²) in [6.45, 7) is 3.96. The Hall–Kier alpha value is -1.55. The first-order valence-electron chi connectivity index (χ1n) is 6.27. The second-order valence-corrected chi connectivity index (χ2v) is 4.76. The minimum absolute atomic E-state index is 0.104. The SMILES string of the molecule is Cc1ccc(OCCC(=O)N2CC(CO)C2)cc1. The summed E-state index contributed by atoms with van der Waals surface area (Å²) in [5, 5.41) is 8.87. The van der Waals surface area contributed by atoms with Gasteiger partial charge in [0, 0.05) is 25.6 Å². The number of hydrogen-bond donors (Lipinski definition) is 1. The van der Waals surface area contributed by atoms with Crippen molar-refractivity contribution in [2.24, 2.45) is 5.92 Å². The van der Waals surface area contributed by atoms with Crippen LogP contribution in [0.15, 0.2) is 24.3 Å². The van der Waals surface area contributed by atoms with Crippen molar-refractivity contribution in [3.63, 3.8) is 0 Å². The molecule has 0 atom stereocenters. The average Bonchev–Trinajstić information content (AvgIpc) is 2.30. The minimum Gasteiger partial charge on any atom is -0.493 e. The molecule has 98 valence electrons. The van der Waals surface area contributed by atoms with Crippen molar-refractivity contribution in [1.29, 1.82) is 0 Å². The number of ether oxygens (including phenoxy) is 1. The molecule has 1 heterocycles. The molecule has 1 aromatic rings. The minimum atomic E-state index is 0.104. The molecule has 2 rings (SSSR count). The van der Waals surface area contributed by atoms with E-state index in [1.54, 1.807) is 4.90 Å². The molecule has 1 N–H and O–H groups in total. The molecule has 1 aromatic carbocycles. The molecule has 0 spiro atoms. The normalized spacial score (nSPS) is 15.3. The van der Waals surface area contributed by atoms with Crippen LogP contribution in [0.4, 0.5) is 0 Å². The Bertz CT molecular complexity index is 396. The number of carbonyl (C=O) groups is 1. The van der Waals surface area contributed by atoms with Gasteiger partial charge in [0.25, 0.3) is 0 Å². The van der Waals surface area contributed by atoms with Crippen molar-refractivity contribution >= 4 is 5.91 Å². The Labute approximate surface area is 107 Å². The molecular weight excluding hydrogens is 230 g/mol. The Kier molecular flexibility index (Phi) is 4.20. The van der Waals surface area contributed by atoms with Gasteiger partial charge < -0.3 is 14.7 Å². The van der Waals surface area contributed by atoms with Crippen LogP contribution in [-0.4, -0.2) is 42.2 Å². The molecule has 4 nitrogen and oxygen atoms in total. The van der Waals surface area contributed by atoms with Crippen LogP contribution in [0.2, 0.25) is 0 Å². The van der Waals surface area contributed by atoms with E-state index in [1.165, 1.54) is 5.56 Å². The third-order valence-corrected chi connectivity index (χ3v) is 3.17. The van der Waals surface area contributed by atoms with Crippen molar-refractivity contribution in [2.75, 3.05) is 26.3 Å². The predicted molar refractivity (Wildman–Crippen MR) is 68.4 cm³/mol. The maximum atomic E-state index is 11.7. The highest BCUT2D eigenvalue weighted by Gasteiger charge is 2.29. The van der Waals surface area contributed by atoms with Gasteiger partial charge in [-0.1, -0.05) is 17.7 Å². The summed E-state index contributed by atoms with van der Waals surface area (Å²) < 4.78 is 5.51. The van der Waals surface area contributed by atoms with Crippen molar-refractivity contribution in [3.05, 3.63) is 29.8 Å². The van der Waals surface area contributed by atoms with Gasteiger partial charge in [0.1, 0.15) is 5.75 Å². The zero-order chi connectivity index (χ0) is 13.0. The Morgan fingerprint density at radius 2 is 2.06 bits per heavy atom. The second kappa shape index (κ2) is 5.87. The number of hydrogen-bond acceptors (Lipinski definition) is 3. The first-order valence-corrected chi connectivity index (χ1v) is 6.27. The predicted octanol–water partition coefficient (Wildman–Crippen LogP) is 1.21. The van der Waals surface area contributed by atoms with Gasteiger partial charge in [-0.15, -0.1) is 0 Å². The highest BCUT2D eigenvalue weighted by molar-refractivity contribution is 5.77. The van der Waals surface area contributed by atoms with Gasteiger partial charge in [-0.25, -0.2) is 0 Å². The molecule has 0 aromatic heterocycles. The van der Waals surface area contributed by atoms with Gasteiger partial charge in [0.05, 0.1) is 13.0 Å². The van der Waals surface area contributed by atoms with Gasteiger partial charge in [0.15, 0.2) is 0 Å². The molecule has 1 aliphatic rings. The van der Waals surface area contributed by atoms with E-state index in [1.807, 2.05) is 31.2 Å². The van der Waals surface area contributed by atoms with Crippen LogP contribution in [0, 0.1) is 12.8 Å². The molecule has 0 saturated carbocycles. The number of likely N-dealkylation sites (tertiary alicyclic amines) is 1. The second-order valence-electron chi connectivity index (χ2n) is 4.76. The lowest BCUT2D eigenvalue weighted by molar-refractivity contribution is -0.138. The number of benzene rings is 1. The molecule has 0 bridgehead atoms. The topological polar surface area (TPSA) is 49.8 Å². The van der Waals surface area contributed by atoms with Gasteiger partial charge in [-0.2, -0.15) is 0 Å². The fourth-order valence-electron chi connectivity index (χ4n) is 1.94. The first-order chi connectivity index (χ1) is 8.69. The summed E-state index contributed by atoms with van der Waals surface area (Å²) in [6, 6.07) is 7.79. The van der Waals surface area contributed by atoms with E-state index in [-0.39, 0.29) is 18.4 Å². The van der Waals surface area contributed by atoms with Crippen molar-refractivity contribution < 1.29 is 14.6 Å². The number of aliphatic hydroxyl groups excluding tert-OH is 1. The third-order valence-electron chi connectivity index (χ3n) is 3.17. The van der Waals surface area contributed by atoms with E-state index in [9.17, 15) is 4.79 Å². The smallest absolute Gasteiger partial charge is 0.226 e. The standard InChI is InChI=1S/C14H19NO3/c1-11-2-4-13(5-3-11)18-7-6-14(17)15-8-12(9-15)10-16/h2-5,12,16H,6-10H2,1H3. The molecule has 1 amide bonds. The molecule has 1 saturated heterocycles. The van der Waals surface area contributed by atoms with Crippen LogP contribution >= 0.6 is 0 Å². The van der Waals surface area contributed by atoms with Crippen molar-refractivity contribution in [2.45, 2.75) is 13.3 Å². The zero-order valence-corrected chi connectivity index (χ0v) is 10.6. The molecule has 18 heavy (non-hydrogen) atoms. The van der Waals surface area contributed by atoms with E-state index >= 15 is 0 Å². The molecule has 0 unspecified atom stereocenters. The van der Waals surface area contributed by atoms with Gasteiger partial charge in [-0.05, 0) is 19.1 Å². The largest absolute Gasteiger partial charge is 0.493 e. The number of amides is 1. The van der Waals surface area contributed by atoms with Crippen LogP contribution in [0.1, 0.15) is 12.0 Å². The van der Waals surface area contributed by atoms with Crippen LogP contribution < -0.4 is 4.74 Å². The number of aryl methyl sites for hydroxylation is 1. The summed E-state index contributed by atoms with van der Waals surface area (Å²) >= 11 is 0. The van der Waals surface area contributed by atoms with Gasteiger partial charge in [0.2, 0.25) is 5.91 Å². The van der Waals surface area contributed by atoms with Crippen molar-refractivity contribution in [1.82, 2.24) is 4.90 Å². The highest BCUT2D eigenvalue weighted by Crippen LogP contribution is 2.16. The quantitative estimate of drug-likeness (QED) is 0.853. The fourth-order valence-corrected chi connectivity index (χ4v) is 1.94. The van der Waals surface area contributed by atoms with E-state index in [0.29, 0.717) is 26.1 Å². The van der Waals surface area contributed by atoms with Crippen LogP contribution in [-0.2, 0) is 4.79 Å². The third kappa shape index (κ3) is 3.23. The fraction of sp³-hybridized carbons (Fsp3) is 0.500. The summed E-state index contributed by atoms with van der Waals surface area (Å²) in [6.07, 6.45) is 0.395. The maximum absolute atomic E-state index is 11.7. The first kappa shape index (κ1) is 12.9. The van der Waals surface area contributed by atoms with Crippen LogP contribution in [0.5, 0.6) is 5.75 Å². The Morgan fingerprint density at radius 3 is 2.67 bits per heavy atom. The summed E-state index contributed by atoms with van der Waals surface area (Å²) in [5.41, 5.74) is 1.19. The van der Waals surface area contributed by atoms with Gasteiger partial charge in [-0.3, -0.25) is 4.79 Å². The van der Waals surface area contributed by atoms with E-state index in [4.69, 9.17) is 9.84 Å². The monoisotopic (exact) mass is 249 g/mol. The lowest BCUT2D eigenvalue weighted by atomic mass is 10.0. The van der Waals surface area contributed by atoms with E-state index < -0.39 is 0 Å². The molecule has 1 aliphatic heterocycles. The molecule has 0 aliphatic carbocycles. The number of aliphatic hydroxyl groups is 1. The van der Waals surface area contributed by atoms with E-state index in [2.05, 4.69) is 0 Å². The lowest BCUT2D eigenvalue weighted by Crippen LogP contribution is -2.51. The summed E-state index contributed by atoms with van der Waals surface area (Å²) in [5.74, 6) is 1.17. The number of nitrogens with zero attached hydrogens (tertiary/aromatic N) is 1. The molecular formula is C14H19NO3. The summed E-state index contributed by atoms with van der Waals surface area (Å²) in [7, 11) is 0. The summed E-state index contributed by atoms with van der Waals surface area (Å²) in [4.78, 5) is 13.5. The maximum Gasteiger partial charge on any atom is 0.226 e. The number of rotatable bonds is 5. The number of carbonyl (C=O) groups excluding carboxylic acids is 1. The Balaban J connectivity index is 1.66. The Morgan fingerprint density at radius 1 is 1.39 bits per heavy atom. The van der Waals surface area contributed by atoms with Crippen LogP contribution in [0.25, 0.3) is 0 Å². The molecule has 1 fully saturated rings.